The first-order valence-corrected chi connectivity index (χ1v) is 9.10. The van der Waals surface area contributed by atoms with Crippen LogP contribution in [0.15, 0.2) is 23.2 Å². The summed E-state index contributed by atoms with van der Waals surface area (Å²) in [5.41, 5.74) is 0.0163. The molecule has 0 bridgehead atoms. The van der Waals surface area contributed by atoms with Gasteiger partial charge in [-0.15, -0.1) is 0 Å². The number of hydrogen-bond acceptors (Lipinski definition) is 3. The van der Waals surface area contributed by atoms with E-state index >= 15 is 0 Å². The molecule has 1 aromatic rings. The molecule has 2 fully saturated rings. The SMILES string of the molecule is CCNC(=NCC(=O)NC1CC1)NC1CCN(c2c(F)cccc2F)C1. The third-order valence-corrected chi connectivity index (χ3v) is 4.45. The quantitative estimate of drug-likeness (QED) is 0.526. The molecule has 1 unspecified atom stereocenters. The predicted octanol–water partition coefficient (Wildman–Crippen LogP) is 1.38. The van der Waals surface area contributed by atoms with Crippen molar-refractivity contribution in [3.8, 4) is 0 Å². The molecule has 3 N–H and O–H groups in total. The van der Waals surface area contributed by atoms with Crippen molar-refractivity contribution in [1.29, 1.82) is 0 Å². The maximum atomic E-state index is 13.9. The van der Waals surface area contributed by atoms with Crippen LogP contribution in [0.4, 0.5) is 14.5 Å². The lowest BCUT2D eigenvalue weighted by Gasteiger charge is -2.21. The molecule has 142 valence electrons. The fourth-order valence-corrected chi connectivity index (χ4v) is 3.04. The number of carbonyl (C=O) groups is 1. The number of halogens is 2. The lowest BCUT2D eigenvalue weighted by molar-refractivity contribution is -0.119. The van der Waals surface area contributed by atoms with E-state index in [0.717, 1.165) is 19.3 Å². The number of guanidine groups is 1. The Kier molecular flexibility index (Phi) is 5.90. The summed E-state index contributed by atoms with van der Waals surface area (Å²) in [6, 6.07) is 4.21. The van der Waals surface area contributed by atoms with Gasteiger partial charge in [-0.25, -0.2) is 13.8 Å². The van der Waals surface area contributed by atoms with Crippen LogP contribution in [-0.4, -0.2) is 50.1 Å². The largest absolute Gasteiger partial charge is 0.365 e. The highest BCUT2D eigenvalue weighted by atomic mass is 19.1. The highest BCUT2D eigenvalue weighted by Crippen LogP contribution is 2.26. The Labute approximate surface area is 152 Å². The zero-order chi connectivity index (χ0) is 18.5. The van der Waals surface area contributed by atoms with E-state index in [4.69, 9.17) is 0 Å². The number of para-hydroxylation sites is 1. The number of hydrogen-bond donors (Lipinski definition) is 3. The van der Waals surface area contributed by atoms with Gasteiger partial charge in [-0.05, 0) is 38.3 Å². The van der Waals surface area contributed by atoms with Crippen LogP contribution in [0.5, 0.6) is 0 Å². The molecule has 3 rings (SSSR count). The molecule has 1 aromatic carbocycles. The monoisotopic (exact) mass is 365 g/mol. The lowest BCUT2D eigenvalue weighted by atomic mass is 10.2. The standard InChI is InChI=1S/C18H25F2N5O/c1-2-21-18(22-10-16(26)23-12-6-7-12)24-13-8-9-25(11-13)17-14(19)4-3-5-15(17)20/h3-5,12-13H,2,6-11H2,1H3,(H,23,26)(H2,21,22,24). The molecule has 6 nitrogen and oxygen atoms in total. The van der Waals surface area contributed by atoms with Crippen LogP contribution in [0.2, 0.25) is 0 Å². The molecular formula is C18H25F2N5O. The molecule has 0 spiro atoms. The van der Waals surface area contributed by atoms with Crippen LogP contribution in [0.1, 0.15) is 26.2 Å². The first kappa shape index (κ1) is 18.4. The van der Waals surface area contributed by atoms with Crippen LogP contribution in [0.3, 0.4) is 0 Å². The van der Waals surface area contributed by atoms with Crippen molar-refractivity contribution >= 4 is 17.6 Å². The highest BCUT2D eigenvalue weighted by Gasteiger charge is 2.27. The van der Waals surface area contributed by atoms with Crippen molar-refractivity contribution in [3.05, 3.63) is 29.8 Å². The molecule has 1 saturated heterocycles. The number of benzene rings is 1. The van der Waals surface area contributed by atoms with E-state index in [1.165, 1.54) is 18.2 Å². The summed E-state index contributed by atoms with van der Waals surface area (Å²) in [4.78, 5) is 17.8. The molecule has 26 heavy (non-hydrogen) atoms. The van der Waals surface area contributed by atoms with Crippen molar-refractivity contribution in [1.82, 2.24) is 16.0 Å². The second-order valence-electron chi connectivity index (χ2n) is 6.68. The Morgan fingerprint density at radius 1 is 1.19 bits per heavy atom. The molecule has 0 radical (unpaired) electrons. The molecular weight excluding hydrogens is 340 g/mol. The van der Waals surface area contributed by atoms with Gasteiger partial charge < -0.3 is 20.9 Å². The van der Waals surface area contributed by atoms with E-state index in [1.54, 1.807) is 4.90 Å². The molecule has 1 heterocycles. The highest BCUT2D eigenvalue weighted by molar-refractivity contribution is 5.85. The second kappa shape index (κ2) is 8.33. The molecule has 1 atom stereocenters. The van der Waals surface area contributed by atoms with Crippen molar-refractivity contribution in [2.45, 2.75) is 38.3 Å². The summed E-state index contributed by atoms with van der Waals surface area (Å²) in [5.74, 6) is -0.656. The zero-order valence-corrected chi connectivity index (χ0v) is 14.9. The van der Waals surface area contributed by atoms with E-state index in [0.29, 0.717) is 31.6 Å². The minimum atomic E-state index is -0.553. The van der Waals surface area contributed by atoms with Crippen LogP contribution in [0, 0.1) is 11.6 Å². The molecule has 1 aliphatic heterocycles. The van der Waals surface area contributed by atoms with Gasteiger partial charge in [0.1, 0.15) is 23.9 Å². The molecule has 1 saturated carbocycles. The van der Waals surface area contributed by atoms with Gasteiger partial charge in [0.25, 0.3) is 0 Å². The van der Waals surface area contributed by atoms with Crippen molar-refractivity contribution in [2.75, 3.05) is 31.1 Å². The third-order valence-electron chi connectivity index (χ3n) is 4.45. The summed E-state index contributed by atoms with van der Waals surface area (Å²) in [5, 5.41) is 9.25. The van der Waals surface area contributed by atoms with Crippen LogP contribution >= 0.6 is 0 Å². The van der Waals surface area contributed by atoms with E-state index in [9.17, 15) is 13.6 Å². The number of nitrogens with one attached hydrogen (secondary N) is 3. The first-order valence-electron chi connectivity index (χ1n) is 9.10. The van der Waals surface area contributed by atoms with Crippen LogP contribution in [0.25, 0.3) is 0 Å². The van der Waals surface area contributed by atoms with Gasteiger partial charge in [-0.3, -0.25) is 4.79 Å². The molecule has 1 amide bonds. The zero-order valence-electron chi connectivity index (χ0n) is 14.9. The molecule has 8 heteroatoms. The van der Waals surface area contributed by atoms with Gasteiger partial charge in [-0.1, -0.05) is 6.07 Å². The average molecular weight is 365 g/mol. The van der Waals surface area contributed by atoms with Crippen LogP contribution < -0.4 is 20.9 Å². The van der Waals surface area contributed by atoms with Gasteiger partial charge in [0, 0.05) is 31.7 Å². The first-order chi connectivity index (χ1) is 12.6. The minimum Gasteiger partial charge on any atom is -0.365 e. The Hall–Kier alpha value is -2.38. The van der Waals surface area contributed by atoms with Gasteiger partial charge in [0.2, 0.25) is 5.91 Å². The van der Waals surface area contributed by atoms with Gasteiger partial charge in [-0.2, -0.15) is 0 Å². The Bertz CT molecular complexity index is 657. The van der Waals surface area contributed by atoms with E-state index in [1.807, 2.05) is 6.92 Å². The van der Waals surface area contributed by atoms with Gasteiger partial charge in [0.15, 0.2) is 5.96 Å². The summed E-state index contributed by atoms with van der Waals surface area (Å²) >= 11 is 0. The number of nitrogens with zero attached hydrogens (tertiary/aromatic N) is 2. The van der Waals surface area contributed by atoms with Crippen LogP contribution in [-0.2, 0) is 4.79 Å². The summed E-state index contributed by atoms with van der Waals surface area (Å²) < 4.78 is 27.9. The van der Waals surface area contributed by atoms with Crippen molar-refractivity contribution in [2.24, 2.45) is 4.99 Å². The minimum absolute atomic E-state index is 0.00157. The third kappa shape index (κ3) is 4.83. The normalized spacial score (nSPS) is 20.2. The van der Waals surface area contributed by atoms with E-state index < -0.39 is 11.6 Å². The van der Waals surface area contributed by atoms with E-state index in [2.05, 4.69) is 20.9 Å². The Morgan fingerprint density at radius 2 is 1.92 bits per heavy atom. The Morgan fingerprint density at radius 3 is 2.58 bits per heavy atom. The number of aliphatic imine (C=N–C) groups is 1. The van der Waals surface area contributed by atoms with Gasteiger partial charge >= 0.3 is 0 Å². The summed E-state index contributed by atoms with van der Waals surface area (Å²) in [6.07, 6.45) is 2.81. The topological polar surface area (TPSA) is 68.8 Å². The number of rotatable bonds is 6. The number of carbonyl (C=O) groups excluding carboxylic acids is 1. The van der Waals surface area contributed by atoms with Crippen molar-refractivity contribution < 1.29 is 13.6 Å². The number of amides is 1. The fraction of sp³-hybridized carbons (Fsp3) is 0.556. The Balaban J connectivity index is 1.57. The van der Waals surface area contributed by atoms with Gasteiger partial charge in [0.05, 0.1) is 0 Å². The molecule has 2 aliphatic rings. The predicted molar refractivity (Wildman–Crippen MR) is 97.3 cm³/mol. The maximum absolute atomic E-state index is 13.9. The summed E-state index contributed by atoms with van der Waals surface area (Å²) in [7, 11) is 0. The van der Waals surface area contributed by atoms with E-state index in [-0.39, 0.29) is 24.2 Å². The van der Waals surface area contributed by atoms with Crippen molar-refractivity contribution in [3.63, 3.8) is 0 Å². The smallest absolute Gasteiger partial charge is 0.242 e. The lowest BCUT2D eigenvalue weighted by Crippen LogP contribution is -2.45. The number of anilines is 1. The molecule has 0 aromatic heterocycles. The average Bonchev–Trinajstić information content (AvgIpc) is 3.29. The fourth-order valence-electron chi connectivity index (χ4n) is 3.04. The second-order valence-corrected chi connectivity index (χ2v) is 6.68. The maximum Gasteiger partial charge on any atom is 0.242 e. The summed E-state index contributed by atoms with van der Waals surface area (Å²) in [6.45, 7) is 3.68. The molecule has 1 aliphatic carbocycles.